The second-order valence-electron chi connectivity index (χ2n) is 7.18. The van der Waals surface area contributed by atoms with Crippen molar-refractivity contribution in [3.8, 4) is 5.75 Å². The number of hydrogen-bond acceptors (Lipinski definition) is 5. The smallest absolute Gasteiger partial charge is 0.259 e. The van der Waals surface area contributed by atoms with Crippen molar-refractivity contribution in [3.63, 3.8) is 0 Å². The van der Waals surface area contributed by atoms with Crippen LogP contribution in [0.4, 0.5) is 22.9 Å². The number of halogens is 1. The number of hydrogen-bond donors (Lipinski definition) is 2. The molecule has 0 unspecified atom stereocenters. The standard InChI is InChI=1S/C23H21ClN4O3/c1-14-6-9-21(25-13-14)28-10-11-31-22-17(4-3-5-20(22)28)23(30)27-16-7-8-18(24)19(12-16)26-15(2)29/h3-9,12-13H,10-11H2,1-2H3,(H,26,29)(H,27,30). The van der Waals surface area contributed by atoms with Gasteiger partial charge in [0.25, 0.3) is 5.91 Å². The van der Waals surface area contributed by atoms with Gasteiger partial charge in [0.05, 0.1) is 28.5 Å². The zero-order chi connectivity index (χ0) is 22.0. The van der Waals surface area contributed by atoms with Crippen molar-refractivity contribution in [2.75, 3.05) is 28.7 Å². The van der Waals surface area contributed by atoms with Gasteiger partial charge in [0, 0.05) is 18.8 Å². The Hall–Kier alpha value is -3.58. The van der Waals surface area contributed by atoms with E-state index < -0.39 is 0 Å². The predicted octanol–water partition coefficient (Wildman–Crippen LogP) is 4.78. The Morgan fingerprint density at radius 1 is 1.13 bits per heavy atom. The van der Waals surface area contributed by atoms with Crippen molar-refractivity contribution >= 4 is 46.3 Å². The van der Waals surface area contributed by atoms with Gasteiger partial charge < -0.3 is 20.3 Å². The van der Waals surface area contributed by atoms with Gasteiger partial charge >= 0.3 is 0 Å². The highest BCUT2D eigenvalue weighted by atomic mass is 35.5. The molecule has 0 saturated carbocycles. The summed E-state index contributed by atoms with van der Waals surface area (Å²) in [7, 11) is 0. The highest BCUT2D eigenvalue weighted by molar-refractivity contribution is 6.33. The number of nitrogens with zero attached hydrogens (tertiary/aromatic N) is 2. The number of fused-ring (bicyclic) bond motifs is 1. The molecular weight excluding hydrogens is 416 g/mol. The van der Waals surface area contributed by atoms with E-state index in [2.05, 4.69) is 15.6 Å². The van der Waals surface area contributed by atoms with Crippen LogP contribution < -0.4 is 20.3 Å². The van der Waals surface area contributed by atoms with Crippen LogP contribution >= 0.6 is 11.6 Å². The van der Waals surface area contributed by atoms with Crippen molar-refractivity contribution in [3.05, 3.63) is 70.9 Å². The van der Waals surface area contributed by atoms with E-state index in [1.165, 1.54) is 6.92 Å². The molecule has 158 valence electrons. The van der Waals surface area contributed by atoms with Gasteiger partial charge in [0.2, 0.25) is 5.91 Å². The highest BCUT2D eigenvalue weighted by Crippen LogP contribution is 2.38. The van der Waals surface area contributed by atoms with Crippen molar-refractivity contribution in [2.24, 2.45) is 0 Å². The number of aromatic nitrogens is 1. The maximum atomic E-state index is 13.0. The fourth-order valence-corrected chi connectivity index (χ4v) is 3.54. The van der Waals surface area contributed by atoms with Crippen molar-refractivity contribution in [2.45, 2.75) is 13.8 Å². The third-order valence-corrected chi connectivity index (χ3v) is 5.13. The van der Waals surface area contributed by atoms with Crippen LogP contribution in [0.3, 0.4) is 0 Å². The van der Waals surface area contributed by atoms with Crippen LogP contribution in [0.1, 0.15) is 22.8 Å². The molecule has 0 atom stereocenters. The second kappa shape index (κ2) is 8.65. The van der Waals surface area contributed by atoms with Crippen LogP contribution in [0.15, 0.2) is 54.7 Å². The van der Waals surface area contributed by atoms with E-state index in [4.69, 9.17) is 16.3 Å². The number of aryl methyl sites for hydroxylation is 1. The summed E-state index contributed by atoms with van der Waals surface area (Å²) in [6, 6.07) is 14.3. The molecular formula is C23H21ClN4O3. The first-order valence-electron chi connectivity index (χ1n) is 9.77. The molecule has 7 nitrogen and oxygen atoms in total. The van der Waals surface area contributed by atoms with Gasteiger partial charge in [-0.25, -0.2) is 4.98 Å². The topological polar surface area (TPSA) is 83.6 Å². The summed E-state index contributed by atoms with van der Waals surface area (Å²) < 4.78 is 5.88. The number of nitrogens with one attached hydrogen (secondary N) is 2. The van der Waals surface area contributed by atoms with Crippen molar-refractivity contribution in [1.29, 1.82) is 0 Å². The predicted molar refractivity (Wildman–Crippen MR) is 122 cm³/mol. The minimum Gasteiger partial charge on any atom is -0.489 e. The van der Waals surface area contributed by atoms with Gasteiger partial charge in [-0.05, 0) is 48.9 Å². The Balaban J connectivity index is 1.62. The van der Waals surface area contributed by atoms with Crippen LogP contribution in [0.2, 0.25) is 5.02 Å². The lowest BCUT2D eigenvalue weighted by molar-refractivity contribution is -0.114. The first-order valence-corrected chi connectivity index (χ1v) is 10.1. The number of benzene rings is 2. The van der Waals surface area contributed by atoms with Gasteiger partial charge in [0.15, 0.2) is 5.75 Å². The monoisotopic (exact) mass is 436 g/mol. The maximum absolute atomic E-state index is 13.0. The molecule has 1 aliphatic rings. The molecule has 0 bridgehead atoms. The minimum absolute atomic E-state index is 0.249. The zero-order valence-corrected chi connectivity index (χ0v) is 17.9. The molecule has 1 aliphatic heterocycles. The van der Waals surface area contributed by atoms with E-state index in [0.29, 0.717) is 40.9 Å². The van der Waals surface area contributed by atoms with Gasteiger partial charge in [0.1, 0.15) is 12.4 Å². The number of anilines is 4. The summed E-state index contributed by atoms with van der Waals surface area (Å²) in [5, 5.41) is 5.88. The molecule has 0 saturated heterocycles. The summed E-state index contributed by atoms with van der Waals surface area (Å²) >= 11 is 6.11. The lowest BCUT2D eigenvalue weighted by Crippen LogP contribution is -2.30. The first kappa shape index (κ1) is 20.7. The molecule has 4 rings (SSSR count). The normalized spacial score (nSPS) is 12.5. The fraction of sp³-hybridized carbons (Fsp3) is 0.174. The quantitative estimate of drug-likeness (QED) is 0.614. The third-order valence-electron chi connectivity index (χ3n) is 4.80. The number of ether oxygens (including phenoxy) is 1. The van der Waals surface area contributed by atoms with Crippen molar-refractivity contribution < 1.29 is 14.3 Å². The van der Waals surface area contributed by atoms with Crippen LogP contribution in [-0.2, 0) is 4.79 Å². The van der Waals surface area contributed by atoms with E-state index in [0.717, 1.165) is 17.1 Å². The summed E-state index contributed by atoms with van der Waals surface area (Å²) in [6.07, 6.45) is 1.81. The molecule has 2 N–H and O–H groups in total. The lowest BCUT2D eigenvalue weighted by Gasteiger charge is -2.31. The molecule has 2 heterocycles. The first-order chi connectivity index (χ1) is 14.9. The Morgan fingerprint density at radius 3 is 2.71 bits per heavy atom. The minimum atomic E-state index is -0.327. The molecule has 0 spiro atoms. The SMILES string of the molecule is CC(=O)Nc1cc(NC(=O)c2cccc3c2OCCN3c2ccc(C)cn2)ccc1Cl. The Kier molecular flexibility index (Phi) is 5.77. The summed E-state index contributed by atoms with van der Waals surface area (Å²) in [4.78, 5) is 31.0. The van der Waals surface area contributed by atoms with Crippen LogP contribution in [-0.4, -0.2) is 29.9 Å². The van der Waals surface area contributed by atoms with Crippen LogP contribution in [0.5, 0.6) is 5.75 Å². The van der Waals surface area contributed by atoms with E-state index >= 15 is 0 Å². The Bertz CT molecular complexity index is 1150. The fourth-order valence-electron chi connectivity index (χ4n) is 3.37. The average Bonchev–Trinajstić information content (AvgIpc) is 2.75. The van der Waals surface area contributed by atoms with Gasteiger partial charge in [-0.3, -0.25) is 9.59 Å². The molecule has 2 aromatic carbocycles. The highest BCUT2D eigenvalue weighted by Gasteiger charge is 2.25. The van der Waals surface area contributed by atoms with Crippen LogP contribution in [0.25, 0.3) is 0 Å². The number of carbonyl (C=O) groups is 2. The lowest BCUT2D eigenvalue weighted by atomic mass is 10.1. The van der Waals surface area contributed by atoms with E-state index in [1.807, 2.05) is 42.3 Å². The Labute approximate surface area is 185 Å². The zero-order valence-electron chi connectivity index (χ0n) is 17.1. The third kappa shape index (κ3) is 4.46. The Morgan fingerprint density at radius 2 is 1.97 bits per heavy atom. The number of pyridine rings is 1. The molecule has 0 fully saturated rings. The molecule has 1 aromatic heterocycles. The number of carbonyl (C=O) groups excluding carboxylic acids is 2. The number of amides is 2. The van der Waals surface area contributed by atoms with E-state index in [1.54, 1.807) is 24.3 Å². The molecule has 0 radical (unpaired) electrons. The maximum Gasteiger partial charge on any atom is 0.259 e. The molecule has 8 heteroatoms. The molecule has 2 amide bonds. The van der Waals surface area contributed by atoms with Gasteiger partial charge in [-0.1, -0.05) is 23.7 Å². The molecule has 31 heavy (non-hydrogen) atoms. The summed E-state index contributed by atoms with van der Waals surface area (Å²) in [6.45, 7) is 4.44. The average molecular weight is 437 g/mol. The van der Waals surface area contributed by atoms with Crippen molar-refractivity contribution in [1.82, 2.24) is 4.98 Å². The second-order valence-corrected chi connectivity index (χ2v) is 7.58. The van der Waals surface area contributed by atoms with Gasteiger partial charge in [-0.2, -0.15) is 0 Å². The van der Waals surface area contributed by atoms with Crippen LogP contribution in [0, 0.1) is 6.92 Å². The molecule has 0 aliphatic carbocycles. The number of rotatable bonds is 4. The summed E-state index contributed by atoms with van der Waals surface area (Å²) in [5.74, 6) is 0.724. The van der Waals surface area contributed by atoms with Gasteiger partial charge in [-0.15, -0.1) is 0 Å². The number of para-hydroxylation sites is 1. The summed E-state index contributed by atoms with van der Waals surface area (Å²) in [5.41, 5.74) is 3.20. The van der Waals surface area contributed by atoms with E-state index in [-0.39, 0.29) is 11.8 Å². The van der Waals surface area contributed by atoms with E-state index in [9.17, 15) is 9.59 Å². The molecule has 3 aromatic rings. The largest absolute Gasteiger partial charge is 0.489 e.